The van der Waals surface area contributed by atoms with Crippen molar-refractivity contribution in [2.45, 2.75) is 38.6 Å². The number of aromatic amines is 1. The molecule has 2 bridgehead atoms. The number of ether oxygens (including phenoxy) is 3. The third kappa shape index (κ3) is 7.77. The van der Waals surface area contributed by atoms with Gasteiger partial charge in [0.1, 0.15) is 11.5 Å². The summed E-state index contributed by atoms with van der Waals surface area (Å²) >= 11 is 0. The molecule has 13 heteroatoms. The number of hydrogen-bond donors (Lipinski definition) is 2. The second-order valence-electron chi connectivity index (χ2n) is 12.8. The van der Waals surface area contributed by atoms with Gasteiger partial charge in [0.15, 0.2) is 11.5 Å². The third-order valence-electron chi connectivity index (χ3n) is 9.43. The summed E-state index contributed by atoms with van der Waals surface area (Å²) in [5.41, 5.74) is 2.83. The van der Waals surface area contributed by atoms with Gasteiger partial charge in [0.25, 0.3) is 5.91 Å². The molecule has 1 aromatic carbocycles. The van der Waals surface area contributed by atoms with Crippen LogP contribution in [0.25, 0.3) is 10.9 Å². The van der Waals surface area contributed by atoms with Crippen molar-refractivity contribution in [3.05, 3.63) is 71.8 Å². The molecule has 2 aliphatic rings. The molecule has 1 fully saturated rings. The van der Waals surface area contributed by atoms with E-state index in [9.17, 15) is 14.4 Å². The molecule has 0 aliphatic carbocycles. The number of piperidine rings is 1. The highest BCUT2D eigenvalue weighted by Gasteiger charge is 2.28. The van der Waals surface area contributed by atoms with E-state index >= 15 is 0 Å². The lowest BCUT2D eigenvalue weighted by molar-refractivity contribution is -0.135. The number of methoxy groups -OCH3 is 3. The number of carbonyl (C=O) groups excluding carboxylic acids is 3. The normalized spacial score (nSPS) is 17.5. The van der Waals surface area contributed by atoms with Crippen LogP contribution in [0, 0.1) is 5.92 Å². The molecule has 3 amide bonds. The number of anilines is 1. The number of H-pyrrole nitrogens is 1. The molecule has 50 heavy (non-hydrogen) atoms. The number of carbonyl (C=O) groups is 3. The first kappa shape index (κ1) is 34.5. The number of amides is 3. The average Bonchev–Trinajstić information content (AvgIpc) is 3.69. The van der Waals surface area contributed by atoms with E-state index in [0.29, 0.717) is 74.0 Å². The molecule has 13 nitrogen and oxygen atoms in total. The topological polar surface area (TPSA) is 142 Å². The standard InChI is InChI=1S/C37H45N7O6/c1-48-31-19-30-28(34(49-2)35(31)50-3)18-27-23-44(37(47)29-11-7-13-39-29)15-5-4-14-42(33(46)17-25-9-6-12-38-20-25)24-32(45)40-21-26-10-8-16-43(22-26)36(27)41-30/h6-7,9,11-13,18-20,26,39H,4-5,8,10,14-17,21-24H2,1-3H3,(H,40,45). The van der Waals surface area contributed by atoms with Gasteiger partial charge in [-0.1, -0.05) is 6.07 Å². The van der Waals surface area contributed by atoms with Gasteiger partial charge in [0.05, 0.1) is 39.8 Å². The minimum absolute atomic E-state index is 0.0237. The van der Waals surface area contributed by atoms with Crippen molar-refractivity contribution in [2.24, 2.45) is 5.92 Å². The lowest BCUT2D eigenvalue weighted by Gasteiger charge is -2.36. The van der Waals surface area contributed by atoms with Gasteiger partial charge in [-0.05, 0) is 61.4 Å². The second kappa shape index (κ2) is 15.9. The lowest BCUT2D eigenvalue weighted by atomic mass is 9.97. The minimum atomic E-state index is -0.185. The Hall–Kier alpha value is -5.33. The van der Waals surface area contributed by atoms with Gasteiger partial charge >= 0.3 is 0 Å². The summed E-state index contributed by atoms with van der Waals surface area (Å²) in [5, 5.41) is 3.85. The van der Waals surface area contributed by atoms with Crippen LogP contribution in [0.5, 0.6) is 17.2 Å². The Morgan fingerprint density at radius 1 is 0.940 bits per heavy atom. The summed E-state index contributed by atoms with van der Waals surface area (Å²) in [4.78, 5) is 58.8. The predicted octanol–water partition coefficient (Wildman–Crippen LogP) is 3.82. The van der Waals surface area contributed by atoms with E-state index in [2.05, 4.69) is 20.2 Å². The molecule has 0 saturated carbocycles. The summed E-state index contributed by atoms with van der Waals surface area (Å²) in [6.07, 6.45) is 8.31. The zero-order valence-corrected chi connectivity index (χ0v) is 28.9. The van der Waals surface area contributed by atoms with Crippen molar-refractivity contribution in [2.75, 3.05) is 65.5 Å². The highest BCUT2D eigenvalue weighted by molar-refractivity contribution is 5.94. The number of hydrogen-bond acceptors (Lipinski definition) is 9. The first-order chi connectivity index (χ1) is 24.4. The fraction of sp³-hybridized carbons (Fsp3) is 0.432. The largest absolute Gasteiger partial charge is 0.493 e. The Labute approximate surface area is 291 Å². The first-order valence-electron chi connectivity index (χ1n) is 17.1. The van der Waals surface area contributed by atoms with Crippen LogP contribution in [-0.4, -0.2) is 103 Å². The highest BCUT2D eigenvalue weighted by atomic mass is 16.5. The summed E-state index contributed by atoms with van der Waals surface area (Å²) in [6, 6.07) is 11.1. The summed E-state index contributed by atoms with van der Waals surface area (Å²) in [6.45, 7) is 3.03. The SMILES string of the molecule is COc1cc2nc3c(cc2c(OC)c1OC)CN(C(=O)c1ccc[nH]1)CCCCN(C(=O)Cc1cccnc1)CC(=O)NCC1CCCN3C1. The molecule has 1 saturated heterocycles. The van der Waals surface area contributed by atoms with E-state index in [1.807, 2.05) is 29.2 Å². The molecule has 6 rings (SSSR count). The van der Waals surface area contributed by atoms with Gasteiger partial charge in [-0.15, -0.1) is 0 Å². The number of nitrogens with zero attached hydrogens (tertiary/aromatic N) is 5. The van der Waals surface area contributed by atoms with Gasteiger partial charge in [0.2, 0.25) is 17.6 Å². The molecule has 0 radical (unpaired) electrons. The minimum Gasteiger partial charge on any atom is -0.493 e. The van der Waals surface area contributed by atoms with Crippen molar-refractivity contribution in [1.82, 2.24) is 30.1 Å². The van der Waals surface area contributed by atoms with E-state index in [1.165, 1.54) is 0 Å². The number of pyridine rings is 2. The number of nitrogens with one attached hydrogen (secondary N) is 2. The Morgan fingerprint density at radius 3 is 2.48 bits per heavy atom. The molecule has 2 N–H and O–H groups in total. The molecule has 1 unspecified atom stereocenters. The predicted molar refractivity (Wildman–Crippen MR) is 189 cm³/mol. The van der Waals surface area contributed by atoms with Crippen molar-refractivity contribution in [3.63, 3.8) is 0 Å². The van der Waals surface area contributed by atoms with Crippen LogP contribution in [0.1, 0.15) is 47.3 Å². The van der Waals surface area contributed by atoms with E-state index in [1.54, 1.807) is 57.0 Å². The molecular weight excluding hydrogens is 638 g/mol. The van der Waals surface area contributed by atoms with Gasteiger partial charge < -0.3 is 39.2 Å². The number of benzene rings is 1. The molecule has 5 heterocycles. The zero-order chi connectivity index (χ0) is 35.0. The number of fused-ring (bicyclic) bond motifs is 5. The van der Waals surface area contributed by atoms with Crippen LogP contribution in [0.3, 0.4) is 0 Å². The summed E-state index contributed by atoms with van der Waals surface area (Å²) < 4.78 is 17.2. The van der Waals surface area contributed by atoms with Crippen LogP contribution in [0.2, 0.25) is 0 Å². The summed E-state index contributed by atoms with van der Waals surface area (Å²) in [7, 11) is 4.74. The van der Waals surface area contributed by atoms with Gasteiger partial charge in [-0.25, -0.2) is 4.98 Å². The maximum absolute atomic E-state index is 14.0. The molecule has 264 valence electrons. The van der Waals surface area contributed by atoms with Crippen LogP contribution < -0.4 is 24.4 Å². The van der Waals surface area contributed by atoms with Crippen molar-refractivity contribution in [1.29, 1.82) is 0 Å². The van der Waals surface area contributed by atoms with Gasteiger partial charge in [0, 0.05) is 74.9 Å². The van der Waals surface area contributed by atoms with Crippen LogP contribution in [0.4, 0.5) is 5.82 Å². The lowest BCUT2D eigenvalue weighted by Crippen LogP contribution is -2.46. The molecule has 2 aliphatic heterocycles. The fourth-order valence-corrected chi connectivity index (χ4v) is 6.90. The Balaban J connectivity index is 1.37. The summed E-state index contributed by atoms with van der Waals surface area (Å²) in [5.74, 6) is 1.97. The van der Waals surface area contributed by atoms with E-state index in [0.717, 1.165) is 41.7 Å². The highest BCUT2D eigenvalue weighted by Crippen LogP contribution is 2.44. The quantitative estimate of drug-likeness (QED) is 0.310. The smallest absolute Gasteiger partial charge is 0.270 e. The number of aromatic nitrogens is 3. The molecule has 0 spiro atoms. The molecule has 1 atom stereocenters. The first-order valence-corrected chi connectivity index (χ1v) is 17.1. The van der Waals surface area contributed by atoms with E-state index in [4.69, 9.17) is 19.2 Å². The monoisotopic (exact) mass is 683 g/mol. The van der Waals surface area contributed by atoms with Crippen molar-refractivity contribution < 1.29 is 28.6 Å². The second-order valence-corrected chi connectivity index (χ2v) is 12.8. The van der Waals surface area contributed by atoms with Crippen molar-refractivity contribution in [3.8, 4) is 17.2 Å². The number of rotatable bonds is 6. The maximum atomic E-state index is 14.0. The Kier molecular flexibility index (Phi) is 11.0. The fourth-order valence-electron chi connectivity index (χ4n) is 6.90. The zero-order valence-electron chi connectivity index (χ0n) is 28.9. The Bertz CT molecular complexity index is 1800. The van der Waals surface area contributed by atoms with E-state index in [-0.39, 0.29) is 36.6 Å². The molecule has 4 aromatic rings. The maximum Gasteiger partial charge on any atom is 0.270 e. The third-order valence-corrected chi connectivity index (χ3v) is 9.43. The van der Waals surface area contributed by atoms with Crippen molar-refractivity contribution >= 4 is 34.4 Å². The van der Waals surface area contributed by atoms with Crippen LogP contribution >= 0.6 is 0 Å². The van der Waals surface area contributed by atoms with E-state index < -0.39 is 0 Å². The van der Waals surface area contributed by atoms with Crippen LogP contribution in [-0.2, 0) is 22.6 Å². The molecule has 3 aromatic heterocycles. The average molecular weight is 684 g/mol. The van der Waals surface area contributed by atoms with Crippen LogP contribution in [0.15, 0.2) is 55.0 Å². The van der Waals surface area contributed by atoms with Gasteiger partial charge in [-0.3, -0.25) is 19.4 Å². The molecular formula is C37H45N7O6. The van der Waals surface area contributed by atoms with Gasteiger partial charge in [-0.2, -0.15) is 0 Å². The Morgan fingerprint density at radius 2 is 1.76 bits per heavy atom.